The molecule has 2 aromatic rings. The van der Waals surface area contributed by atoms with Crippen molar-refractivity contribution in [3.8, 4) is 0 Å². The fourth-order valence-corrected chi connectivity index (χ4v) is 3.24. The number of rotatable bonds is 3. The fraction of sp³-hybridized carbons (Fsp3) is 0.250. The van der Waals surface area contributed by atoms with Gasteiger partial charge in [-0.05, 0) is 35.0 Å². The van der Waals surface area contributed by atoms with Gasteiger partial charge in [0.15, 0.2) is 3.92 Å². The predicted molar refractivity (Wildman–Crippen MR) is 69.0 cm³/mol. The monoisotopic (exact) mass is 323 g/mol. The predicted octanol–water partition coefficient (Wildman–Crippen LogP) is 4.19. The van der Waals surface area contributed by atoms with Crippen LogP contribution in [-0.4, -0.2) is 10.2 Å². The summed E-state index contributed by atoms with van der Waals surface area (Å²) in [5.41, 5.74) is 0. The first-order chi connectivity index (χ1) is 7.15. The molecule has 0 aliphatic heterocycles. The Morgan fingerprint density at radius 1 is 1.40 bits per heavy atom. The van der Waals surface area contributed by atoms with Crippen molar-refractivity contribution in [3.05, 3.63) is 25.3 Å². The van der Waals surface area contributed by atoms with Crippen molar-refractivity contribution < 1.29 is 0 Å². The van der Waals surface area contributed by atoms with Gasteiger partial charge < -0.3 is 5.32 Å². The van der Waals surface area contributed by atoms with E-state index >= 15 is 0 Å². The summed E-state index contributed by atoms with van der Waals surface area (Å²) in [6.07, 6.45) is 0. The van der Waals surface area contributed by atoms with Crippen LogP contribution in [0.15, 0.2) is 16.0 Å². The first-order valence-corrected chi connectivity index (χ1v) is 6.96. The Hall–Kier alpha value is -0.170. The standard InChI is InChI=1S/C8H7BrClN3S2/c1-4(5-2-3-6(10)14-5)11-8-13-12-7(9)15-8/h2-4H,1H3,(H,11,13). The van der Waals surface area contributed by atoms with Crippen molar-refractivity contribution in [3.63, 3.8) is 0 Å². The van der Waals surface area contributed by atoms with E-state index in [1.807, 2.05) is 12.1 Å². The Morgan fingerprint density at radius 3 is 2.73 bits per heavy atom. The second-order valence-corrected chi connectivity index (χ2v) is 6.87. The Labute approximate surface area is 109 Å². The molecular formula is C8H7BrClN3S2. The maximum atomic E-state index is 5.87. The van der Waals surface area contributed by atoms with Crippen LogP contribution in [0.4, 0.5) is 5.13 Å². The molecule has 15 heavy (non-hydrogen) atoms. The van der Waals surface area contributed by atoms with E-state index in [9.17, 15) is 0 Å². The topological polar surface area (TPSA) is 37.8 Å². The normalized spacial score (nSPS) is 12.7. The molecule has 0 amide bonds. The summed E-state index contributed by atoms with van der Waals surface area (Å²) in [4.78, 5) is 1.19. The maximum absolute atomic E-state index is 5.87. The van der Waals surface area contributed by atoms with E-state index in [0.29, 0.717) is 0 Å². The van der Waals surface area contributed by atoms with Crippen LogP contribution in [0.3, 0.4) is 0 Å². The summed E-state index contributed by atoms with van der Waals surface area (Å²) in [7, 11) is 0. The molecule has 0 bridgehead atoms. The minimum Gasteiger partial charge on any atom is -0.353 e. The third-order valence-electron chi connectivity index (χ3n) is 1.76. The molecule has 0 saturated heterocycles. The Kier molecular flexibility index (Phi) is 3.60. The minimum absolute atomic E-state index is 0.197. The molecule has 0 saturated carbocycles. The Morgan fingerprint density at radius 2 is 2.20 bits per heavy atom. The molecule has 0 aromatic carbocycles. The molecule has 0 spiro atoms. The second-order valence-electron chi connectivity index (χ2n) is 2.87. The number of hydrogen-bond acceptors (Lipinski definition) is 5. The van der Waals surface area contributed by atoms with Crippen molar-refractivity contribution in [2.45, 2.75) is 13.0 Å². The summed E-state index contributed by atoms with van der Waals surface area (Å²) in [5.74, 6) is 0. The largest absolute Gasteiger partial charge is 0.353 e. The number of nitrogens with one attached hydrogen (secondary N) is 1. The summed E-state index contributed by atoms with van der Waals surface area (Å²) in [6, 6.07) is 4.11. The average molecular weight is 325 g/mol. The van der Waals surface area contributed by atoms with Gasteiger partial charge in [0.1, 0.15) is 0 Å². The van der Waals surface area contributed by atoms with Gasteiger partial charge in [0.2, 0.25) is 5.13 Å². The minimum atomic E-state index is 0.197. The van der Waals surface area contributed by atoms with Crippen LogP contribution in [0.5, 0.6) is 0 Å². The summed E-state index contributed by atoms with van der Waals surface area (Å²) in [6.45, 7) is 2.07. The van der Waals surface area contributed by atoms with Gasteiger partial charge >= 0.3 is 0 Å². The molecule has 0 aliphatic rings. The van der Waals surface area contributed by atoms with E-state index < -0.39 is 0 Å². The first-order valence-electron chi connectivity index (χ1n) is 4.16. The molecule has 80 valence electrons. The fourth-order valence-electron chi connectivity index (χ4n) is 1.08. The van der Waals surface area contributed by atoms with E-state index in [-0.39, 0.29) is 6.04 Å². The average Bonchev–Trinajstić information content (AvgIpc) is 2.75. The van der Waals surface area contributed by atoms with E-state index in [1.165, 1.54) is 16.2 Å². The number of hydrogen-bond donors (Lipinski definition) is 1. The first kappa shape index (κ1) is 11.3. The Bertz CT molecular complexity index is 456. The van der Waals surface area contributed by atoms with E-state index in [1.54, 1.807) is 11.3 Å². The van der Waals surface area contributed by atoms with Crippen molar-refractivity contribution in [2.75, 3.05) is 5.32 Å². The van der Waals surface area contributed by atoms with Gasteiger partial charge in [-0.15, -0.1) is 21.5 Å². The highest BCUT2D eigenvalue weighted by atomic mass is 79.9. The molecule has 1 N–H and O–H groups in total. The zero-order valence-corrected chi connectivity index (χ0v) is 11.7. The molecule has 3 nitrogen and oxygen atoms in total. The molecular weight excluding hydrogens is 318 g/mol. The highest BCUT2D eigenvalue weighted by Crippen LogP contribution is 2.30. The molecule has 2 aromatic heterocycles. The van der Waals surface area contributed by atoms with E-state index in [4.69, 9.17) is 11.6 Å². The highest BCUT2D eigenvalue weighted by molar-refractivity contribution is 9.11. The van der Waals surface area contributed by atoms with E-state index in [2.05, 4.69) is 38.4 Å². The second kappa shape index (κ2) is 4.78. The number of halogens is 2. The lowest BCUT2D eigenvalue weighted by atomic mass is 10.3. The number of anilines is 1. The molecule has 7 heteroatoms. The number of thiophene rings is 1. The van der Waals surface area contributed by atoms with Gasteiger partial charge in [-0.1, -0.05) is 22.9 Å². The third kappa shape index (κ3) is 2.90. The third-order valence-corrected chi connectivity index (χ3v) is 4.46. The van der Waals surface area contributed by atoms with Gasteiger partial charge in [-0.3, -0.25) is 0 Å². The molecule has 0 fully saturated rings. The van der Waals surface area contributed by atoms with Crippen LogP contribution >= 0.6 is 50.2 Å². The summed E-state index contributed by atoms with van der Waals surface area (Å²) in [5, 5.41) is 11.9. The molecule has 0 radical (unpaired) electrons. The highest BCUT2D eigenvalue weighted by Gasteiger charge is 2.10. The summed E-state index contributed by atoms with van der Waals surface area (Å²) < 4.78 is 1.58. The van der Waals surface area contributed by atoms with Crippen LogP contribution in [0.1, 0.15) is 17.8 Å². The zero-order valence-electron chi connectivity index (χ0n) is 7.70. The molecule has 0 aliphatic carbocycles. The van der Waals surface area contributed by atoms with Crippen LogP contribution < -0.4 is 5.32 Å². The molecule has 1 atom stereocenters. The Balaban J connectivity index is 2.06. The van der Waals surface area contributed by atoms with Crippen molar-refractivity contribution >= 4 is 55.3 Å². The SMILES string of the molecule is CC(Nc1nnc(Br)s1)c1ccc(Cl)s1. The van der Waals surface area contributed by atoms with Crippen LogP contribution in [-0.2, 0) is 0 Å². The molecule has 2 rings (SSSR count). The summed E-state index contributed by atoms with van der Waals surface area (Å²) >= 11 is 12.2. The van der Waals surface area contributed by atoms with Gasteiger partial charge in [-0.25, -0.2) is 0 Å². The van der Waals surface area contributed by atoms with Crippen LogP contribution in [0.25, 0.3) is 0 Å². The lowest BCUT2D eigenvalue weighted by Gasteiger charge is -2.09. The molecule has 1 unspecified atom stereocenters. The van der Waals surface area contributed by atoms with E-state index in [0.717, 1.165) is 13.4 Å². The smallest absolute Gasteiger partial charge is 0.206 e. The van der Waals surface area contributed by atoms with Gasteiger partial charge in [0, 0.05) is 4.88 Å². The number of nitrogens with zero attached hydrogens (tertiary/aromatic N) is 2. The van der Waals surface area contributed by atoms with Crippen LogP contribution in [0.2, 0.25) is 4.34 Å². The van der Waals surface area contributed by atoms with Gasteiger partial charge in [0.05, 0.1) is 10.4 Å². The lowest BCUT2D eigenvalue weighted by Crippen LogP contribution is -2.04. The van der Waals surface area contributed by atoms with Crippen molar-refractivity contribution in [1.29, 1.82) is 0 Å². The van der Waals surface area contributed by atoms with Gasteiger partial charge in [0.25, 0.3) is 0 Å². The molecule has 2 heterocycles. The van der Waals surface area contributed by atoms with Crippen LogP contribution in [0, 0.1) is 0 Å². The quantitative estimate of drug-likeness (QED) is 0.920. The number of aromatic nitrogens is 2. The van der Waals surface area contributed by atoms with Gasteiger partial charge in [-0.2, -0.15) is 0 Å². The zero-order chi connectivity index (χ0) is 10.8. The van der Waals surface area contributed by atoms with Crippen molar-refractivity contribution in [1.82, 2.24) is 10.2 Å². The lowest BCUT2D eigenvalue weighted by molar-refractivity contribution is 0.893. The maximum Gasteiger partial charge on any atom is 0.206 e. The van der Waals surface area contributed by atoms with Crippen molar-refractivity contribution in [2.24, 2.45) is 0 Å².